The lowest BCUT2D eigenvalue weighted by molar-refractivity contribution is -0.138. The molecule has 0 atom stereocenters. The Morgan fingerprint density at radius 2 is 0.900 bits per heavy atom. The van der Waals surface area contributed by atoms with Gasteiger partial charge in [0.05, 0.1) is 11.4 Å². The molecule has 8 N–H and O–H groups in total. The highest BCUT2D eigenvalue weighted by molar-refractivity contribution is 7.80. The molecule has 0 saturated carbocycles. The number of carbonyl (C=O) groups is 2. The standard InChI is InChI=1S/C18H22N8O2S2/c1-19-17(29)21-11-3-7-13(8-4-11)23-25-15(27)16(28)26-24-14-9-5-12(6-10-14)22-18(30)20-2/h3-10,23-24H,1-2H3,(H,25,27)(H,26,28)(H2,19,21,29)(H2,20,22,30). The first-order valence-electron chi connectivity index (χ1n) is 8.71. The molecule has 0 bridgehead atoms. The molecular weight excluding hydrogens is 424 g/mol. The Morgan fingerprint density at radius 3 is 1.20 bits per heavy atom. The van der Waals surface area contributed by atoms with E-state index in [4.69, 9.17) is 24.4 Å². The van der Waals surface area contributed by atoms with Gasteiger partial charge in [-0.1, -0.05) is 0 Å². The summed E-state index contributed by atoms with van der Waals surface area (Å²) in [5.74, 6) is -1.72. The summed E-state index contributed by atoms with van der Waals surface area (Å²) < 4.78 is 0. The molecule has 0 aliphatic heterocycles. The van der Waals surface area contributed by atoms with Gasteiger partial charge in [0.1, 0.15) is 0 Å². The Kier molecular flexibility index (Phi) is 8.59. The molecule has 0 aliphatic rings. The summed E-state index contributed by atoms with van der Waals surface area (Å²) in [4.78, 5) is 23.8. The molecule has 2 aromatic carbocycles. The molecule has 0 aliphatic carbocycles. The molecule has 0 unspecified atom stereocenters. The van der Waals surface area contributed by atoms with Crippen LogP contribution in [0, 0.1) is 0 Å². The molecule has 30 heavy (non-hydrogen) atoms. The minimum Gasteiger partial charge on any atom is -0.366 e. The lowest BCUT2D eigenvalue weighted by Gasteiger charge is -2.12. The summed E-state index contributed by atoms with van der Waals surface area (Å²) in [6, 6.07) is 13.9. The van der Waals surface area contributed by atoms with Crippen LogP contribution in [0.2, 0.25) is 0 Å². The molecule has 0 aromatic heterocycles. The number of rotatable bonds is 6. The number of hydrogen-bond acceptors (Lipinski definition) is 6. The van der Waals surface area contributed by atoms with Crippen LogP contribution in [0.4, 0.5) is 22.7 Å². The van der Waals surface area contributed by atoms with E-state index in [1.54, 1.807) is 62.6 Å². The predicted molar refractivity (Wildman–Crippen MR) is 127 cm³/mol. The van der Waals surface area contributed by atoms with Crippen LogP contribution in [0.15, 0.2) is 48.5 Å². The first-order valence-corrected chi connectivity index (χ1v) is 9.53. The van der Waals surface area contributed by atoms with Crippen LogP contribution in [0.25, 0.3) is 0 Å². The van der Waals surface area contributed by atoms with Crippen LogP contribution < -0.4 is 43.0 Å². The highest BCUT2D eigenvalue weighted by atomic mass is 32.1. The van der Waals surface area contributed by atoms with Crippen LogP contribution in [0.5, 0.6) is 0 Å². The lowest BCUT2D eigenvalue weighted by Crippen LogP contribution is -2.44. The summed E-state index contributed by atoms with van der Waals surface area (Å²) in [5, 5.41) is 12.5. The second kappa shape index (κ2) is 11.4. The fraction of sp³-hybridized carbons (Fsp3) is 0.111. The number of thiocarbonyl (C=S) groups is 2. The topological polar surface area (TPSA) is 130 Å². The summed E-state index contributed by atoms with van der Waals surface area (Å²) in [6.07, 6.45) is 0. The number of hydrazine groups is 2. The maximum Gasteiger partial charge on any atom is 0.329 e. The number of benzene rings is 2. The molecule has 2 amide bonds. The smallest absolute Gasteiger partial charge is 0.329 e. The van der Waals surface area contributed by atoms with Gasteiger partial charge in [0.25, 0.3) is 0 Å². The van der Waals surface area contributed by atoms with Crippen LogP contribution in [-0.2, 0) is 9.59 Å². The Labute approximate surface area is 184 Å². The number of hydrogen-bond donors (Lipinski definition) is 8. The van der Waals surface area contributed by atoms with Crippen molar-refractivity contribution in [3.8, 4) is 0 Å². The third-order valence-electron chi connectivity index (χ3n) is 3.59. The third kappa shape index (κ3) is 7.41. The van der Waals surface area contributed by atoms with Crippen molar-refractivity contribution < 1.29 is 9.59 Å². The van der Waals surface area contributed by atoms with E-state index in [1.807, 2.05) is 0 Å². The Morgan fingerprint density at radius 1 is 0.600 bits per heavy atom. The second-order valence-corrected chi connectivity index (χ2v) is 6.54. The van der Waals surface area contributed by atoms with E-state index < -0.39 is 11.8 Å². The number of anilines is 4. The first-order chi connectivity index (χ1) is 14.4. The van der Waals surface area contributed by atoms with Crippen LogP contribution in [0.3, 0.4) is 0 Å². The summed E-state index contributed by atoms with van der Waals surface area (Å²) in [6.45, 7) is 0. The van der Waals surface area contributed by atoms with Gasteiger partial charge in [-0.2, -0.15) is 0 Å². The van der Waals surface area contributed by atoms with Crippen molar-refractivity contribution in [2.45, 2.75) is 0 Å². The molecule has 2 rings (SSSR count). The van der Waals surface area contributed by atoms with E-state index in [1.165, 1.54) is 0 Å². The molecule has 0 spiro atoms. The van der Waals surface area contributed by atoms with Crippen LogP contribution >= 0.6 is 24.4 Å². The number of nitrogens with one attached hydrogen (secondary N) is 8. The Hall–Kier alpha value is -3.64. The van der Waals surface area contributed by atoms with Crippen molar-refractivity contribution in [1.29, 1.82) is 0 Å². The summed E-state index contributed by atoms with van der Waals surface area (Å²) in [5.41, 5.74) is 12.7. The van der Waals surface area contributed by atoms with Crippen molar-refractivity contribution in [1.82, 2.24) is 21.5 Å². The average Bonchev–Trinajstić information content (AvgIpc) is 2.77. The van der Waals surface area contributed by atoms with Crippen molar-refractivity contribution in [2.24, 2.45) is 0 Å². The molecule has 0 heterocycles. The maximum atomic E-state index is 11.9. The molecule has 2 aromatic rings. The second-order valence-electron chi connectivity index (χ2n) is 5.72. The fourth-order valence-corrected chi connectivity index (χ4v) is 2.27. The van der Waals surface area contributed by atoms with Gasteiger partial charge in [-0.3, -0.25) is 31.3 Å². The molecule has 0 fully saturated rings. The maximum absolute atomic E-state index is 11.9. The lowest BCUT2D eigenvalue weighted by atomic mass is 10.3. The van der Waals surface area contributed by atoms with Gasteiger partial charge < -0.3 is 21.3 Å². The fourth-order valence-electron chi connectivity index (χ4n) is 2.03. The number of carbonyl (C=O) groups excluding carboxylic acids is 2. The highest BCUT2D eigenvalue weighted by Gasteiger charge is 2.12. The molecular formula is C18H22N8O2S2. The largest absolute Gasteiger partial charge is 0.366 e. The monoisotopic (exact) mass is 446 g/mol. The zero-order valence-corrected chi connectivity index (χ0v) is 17.9. The minimum atomic E-state index is -0.862. The molecule has 12 heteroatoms. The van der Waals surface area contributed by atoms with Gasteiger partial charge in [-0.25, -0.2) is 0 Å². The third-order valence-corrected chi connectivity index (χ3v) is 4.20. The quantitative estimate of drug-likeness (QED) is 0.185. The molecule has 0 radical (unpaired) electrons. The highest BCUT2D eigenvalue weighted by Crippen LogP contribution is 2.13. The normalized spacial score (nSPS) is 9.53. The molecule has 10 nitrogen and oxygen atoms in total. The molecule has 0 saturated heterocycles. The van der Waals surface area contributed by atoms with E-state index in [0.29, 0.717) is 21.6 Å². The van der Waals surface area contributed by atoms with E-state index in [-0.39, 0.29) is 0 Å². The zero-order chi connectivity index (χ0) is 21.9. The van der Waals surface area contributed by atoms with Gasteiger partial charge in [0.2, 0.25) is 0 Å². The predicted octanol–water partition coefficient (Wildman–Crippen LogP) is 1.11. The summed E-state index contributed by atoms with van der Waals surface area (Å²) >= 11 is 10.0. The van der Waals surface area contributed by atoms with Gasteiger partial charge in [0.15, 0.2) is 10.2 Å². The average molecular weight is 447 g/mol. The van der Waals surface area contributed by atoms with Gasteiger partial charge in [0, 0.05) is 25.5 Å². The van der Waals surface area contributed by atoms with Gasteiger partial charge in [-0.15, -0.1) is 0 Å². The zero-order valence-electron chi connectivity index (χ0n) is 16.3. The van der Waals surface area contributed by atoms with Crippen molar-refractivity contribution in [3.05, 3.63) is 48.5 Å². The molecule has 158 valence electrons. The first kappa shape index (κ1) is 22.6. The van der Waals surface area contributed by atoms with Crippen molar-refractivity contribution in [3.63, 3.8) is 0 Å². The van der Waals surface area contributed by atoms with Crippen molar-refractivity contribution in [2.75, 3.05) is 35.6 Å². The number of amides is 2. The Bertz CT molecular complexity index is 828. The minimum absolute atomic E-state index is 0.487. The summed E-state index contributed by atoms with van der Waals surface area (Å²) in [7, 11) is 3.43. The van der Waals surface area contributed by atoms with E-state index in [2.05, 4.69) is 43.0 Å². The van der Waals surface area contributed by atoms with Gasteiger partial charge >= 0.3 is 11.8 Å². The van der Waals surface area contributed by atoms with E-state index in [0.717, 1.165) is 11.4 Å². The van der Waals surface area contributed by atoms with Crippen LogP contribution in [0.1, 0.15) is 0 Å². The Balaban J connectivity index is 1.76. The SMILES string of the molecule is CNC(=S)Nc1ccc(NNC(=O)C(=O)NNc2ccc(NC(=S)NC)cc2)cc1. The van der Waals surface area contributed by atoms with E-state index in [9.17, 15) is 9.59 Å². The van der Waals surface area contributed by atoms with Crippen LogP contribution in [-0.4, -0.2) is 36.1 Å². The van der Waals surface area contributed by atoms with Gasteiger partial charge in [-0.05, 0) is 73.0 Å². The van der Waals surface area contributed by atoms with Crippen molar-refractivity contribution >= 4 is 69.2 Å². The van der Waals surface area contributed by atoms with E-state index >= 15 is 0 Å².